The van der Waals surface area contributed by atoms with Gasteiger partial charge in [-0.05, 0) is 38.2 Å². The Morgan fingerprint density at radius 1 is 1.30 bits per heavy atom. The maximum absolute atomic E-state index is 11.1. The van der Waals surface area contributed by atoms with Gasteiger partial charge in [0.15, 0.2) is 5.16 Å². The lowest BCUT2D eigenvalue weighted by atomic mass is 10.2. The summed E-state index contributed by atoms with van der Waals surface area (Å²) in [5.74, 6) is 2.08. The van der Waals surface area contributed by atoms with Gasteiger partial charge in [-0.3, -0.25) is 4.79 Å². The minimum Gasteiger partial charge on any atom is -0.312 e. The van der Waals surface area contributed by atoms with Gasteiger partial charge in [0, 0.05) is 23.8 Å². The summed E-state index contributed by atoms with van der Waals surface area (Å²) in [6, 6.07) is 1.43. The molecule has 0 aliphatic carbocycles. The van der Waals surface area contributed by atoms with E-state index >= 15 is 0 Å². The third-order valence-electron chi connectivity index (χ3n) is 2.82. The Hall–Kier alpha value is -0.460. The van der Waals surface area contributed by atoms with Crippen molar-refractivity contribution in [2.75, 3.05) is 11.5 Å². The molecule has 1 atom stereocenters. The molecule has 0 spiro atoms. The largest absolute Gasteiger partial charge is 0.312 e. The fourth-order valence-corrected chi connectivity index (χ4v) is 3.08. The Bertz CT molecular complexity index is 412. The smallest absolute Gasteiger partial charge is 0.251 e. The lowest BCUT2D eigenvalue weighted by Crippen LogP contribution is -2.05. The number of aromatic nitrogens is 2. The van der Waals surface area contributed by atoms with Crippen LogP contribution in [-0.4, -0.2) is 27.6 Å². The van der Waals surface area contributed by atoms with Crippen LogP contribution in [0.15, 0.2) is 22.2 Å². The molecular formula is C14H24N2O2S2. The third-order valence-corrected chi connectivity index (χ3v) is 4.71. The van der Waals surface area contributed by atoms with Gasteiger partial charge in [-0.1, -0.05) is 31.5 Å². The highest BCUT2D eigenvalue weighted by molar-refractivity contribution is 7.99. The lowest BCUT2D eigenvalue weighted by Gasteiger charge is -2.08. The van der Waals surface area contributed by atoms with E-state index in [1.165, 1.54) is 25.3 Å². The third kappa shape index (κ3) is 8.66. The molecule has 1 N–H and O–H groups in total. The van der Waals surface area contributed by atoms with Gasteiger partial charge in [0.05, 0.1) is 6.10 Å². The molecule has 1 aromatic heterocycles. The van der Waals surface area contributed by atoms with Gasteiger partial charge in [-0.25, -0.2) is 4.98 Å². The Morgan fingerprint density at radius 3 is 2.75 bits per heavy atom. The van der Waals surface area contributed by atoms with Crippen molar-refractivity contribution >= 4 is 23.8 Å². The van der Waals surface area contributed by atoms with Crippen molar-refractivity contribution in [2.45, 2.75) is 57.2 Å². The lowest BCUT2D eigenvalue weighted by molar-refractivity contribution is 0.259. The number of hydrogen-bond donors (Lipinski definition) is 1. The van der Waals surface area contributed by atoms with Gasteiger partial charge in [-0.2, -0.15) is 0 Å². The maximum Gasteiger partial charge on any atom is 0.251 e. The second kappa shape index (κ2) is 11.2. The van der Waals surface area contributed by atoms with E-state index in [0.717, 1.165) is 29.5 Å². The van der Waals surface area contributed by atoms with Crippen molar-refractivity contribution in [2.24, 2.45) is 0 Å². The molecule has 0 saturated carbocycles. The Labute approximate surface area is 129 Å². The molecule has 1 heterocycles. The first-order chi connectivity index (χ1) is 9.72. The molecule has 0 radical (unpaired) electrons. The Kier molecular flexibility index (Phi) is 9.87. The number of rotatable bonds is 11. The van der Waals surface area contributed by atoms with E-state index in [1.807, 2.05) is 0 Å². The summed E-state index contributed by atoms with van der Waals surface area (Å²) in [7, 11) is 0. The molecule has 114 valence electrons. The van der Waals surface area contributed by atoms with Crippen LogP contribution < -0.4 is 5.56 Å². The van der Waals surface area contributed by atoms with Crippen LogP contribution in [0.3, 0.4) is 0 Å². The van der Waals surface area contributed by atoms with Gasteiger partial charge in [0.25, 0.3) is 5.56 Å². The molecule has 0 fully saturated rings. The standard InChI is InChI=1S/C14H24N2O2S2/c1-3-12(2)18-20-11-7-5-4-6-10-19-14-15-9-8-13(17)16-14/h8-9,12H,3-7,10-11H2,1-2H3,(H,15,16,17). The van der Waals surface area contributed by atoms with Crippen LogP contribution in [0.1, 0.15) is 46.0 Å². The van der Waals surface area contributed by atoms with Crippen molar-refractivity contribution in [1.82, 2.24) is 9.97 Å². The number of nitrogens with zero attached hydrogens (tertiary/aromatic N) is 1. The van der Waals surface area contributed by atoms with Crippen molar-refractivity contribution in [1.29, 1.82) is 0 Å². The predicted molar refractivity (Wildman–Crippen MR) is 87.3 cm³/mol. The highest BCUT2D eigenvalue weighted by Gasteiger charge is 1.99. The minimum atomic E-state index is -0.0826. The van der Waals surface area contributed by atoms with Gasteiger partial charge in [0.1, 0.15) is 0 Å². The van der Waals surface area contributed by atoms with Crippen molar-refractivity contribution in [3.8, 4) is 0 Å². The van der Waals surface area contributed by atoms with Crippen LogP contribution in [0.2, 0.25) is 0 Å². The van der Waals surface area contributed by atoms with Crippen LogP contribution >= 0.6 is 23.8 Å². The molecule has 1 unspecified atom stereocenters. The molecule has 1 rings (SSSR count). The van der Waals surface area contributed by atoms with E-state index in [9.17, 15) is 4.79 Å². The highest BCUT2D eigenvalue weighted by Crippen LogP contribution is 2.16. The molecule has 0 aliphatic heterocycles. The number of H-pyrrole nitrogens is 1. The summed E-state index contributed by atoms with van der Waals surface area (Å²) < 4.78 is 5.56. The molecule has 20 heavy (non-hydrogen) atoms. The first-order valence-electron chi connectivity index (χ1n) is 7.18. The molecule has 0 saturated heterocycles. The van der Waals surface area contributed by atoms with E-state index < -0.39 is 0 Å². The number of unbranched alkanes of at least 4 members (excludes halogenated alkanes) is 3. The van der Waals surface area contributed by atoms with Crippen molar-refractivity contribution in [3.63, 3.8) is 0 Å². The predicted octanol–water partition coefficient (Wildman–Crippen LogP) is 3.89. The summed E-state index contributed by atoms with van der Waals surface area (Å²) in [5.41, 5.74) is -0.0826. The second-order valence-electron chi connectivity index (χ2n) is 4.64. The molecule has 4 nitrogen and oxygen atoms in total. The number of hydrogen-bond acceptors (Lipinski definition) is 5. The van der Waals surface area contributed by atoms with Crippen LogP contribution in [0.4, 0.5) is 0 Å². The highest BCUT2D eigenvalue weighted by atomic mass is 32.2. The van der Waals surface area contributed by atoms with Crippen LogP contribution in [-0.2, 0) is 4.18 Å². The molecule has 1 aromatic rings. The average Bonchev–Trinajstić information content (AvgIpc) is 2.45. The van der Waals surface area contributed by atoms with Crippen molar-refractivity contribution < 1.29 is 4.18 Å². The second-order valence-corrected chi connectivity index (χ2v) is 6.56. The maximum atomic E-state index is 11.1. The molecular weight excluding hydrogens is 292 g/mol. The summed E-state index contributed by atoms with van der Waals surface area (Å²) in [5, 5.41) is 0.718. The Morgan fingerprint density at radius 2 is 2.05 bits per heavy atom. The summed E-state index contributed by atoms with van der Waals surface area (Å²) >= 11 is 3.21. The summed E-state index contributed by atoms with van der Waals surface area (Å²) in [6.45, 7) is 4.24. The average molecular weight is 316 g/mol. The fourth-order valence-electron chi connectivity index (χ4n) is 1.44. The fraction of sp³-hybridized carbons (Fsp3) is 0.714. The molecule has 6 heteroatoms. The number of nitrogens with one attached hydrogen (secondary N) is 1. The normalized spacial score (nSPS) is 12.5. The van der Waals surface area contributed by atoms with E-state index in [1.54, 1.807) is 30.0 Å². The number of aromatic amines is 1. The van der Waals surface area contributed by atoms with Crippen LogP contribution in [0.5, 0.6) is 0 Å². The zero-order chi connectivity index (χ0) is 14.6. The molecule has 0 bridgehead atoms. The van der Waals surface area contributed by atoms with Crippen molar-refractivity contribution in [3.05, 3.63) is 22.6 Å². The van der Waals surface area contributed by atoms with Gasteiger partial charge >= 0.3 is 0 Å². The van der Waals surface area contributed by atoms with E-state index in [2.05, 4.69) is 23.8 Å². The Balaban J connectivity index is 1.91. The minimum absolute atomic E-state index is 0.0826. The molecule has 0 aliphatic rings. The zero-order valence-corrected chi connectivity index (χ0v) is 13.9. The van der Waals surface area contributed by atoms with E-state index in [-0.39, 0.29) is 5.56 Å². The van der Waals surface area contributed by atoms with Gasteiger partial charge in [0.2, 0.25) is 0 Å². The van der Waals surface area contributed by atoms with E-state index in [0.29, 0.717) is 6.10 Å². The summed E-state index contributed by atoms with van der Waals surface area (Å²) in [4.78, 5) is 17.9. The van der Waals surface area contributed by atoms with Gasteiger partial charge in [-0.15, -0.1) is 0 Å². The quantitative estimate of drug-likeness (QED) is 0.290. The first kappa shape index (κ1) is 17.6. The van der Waals surface area contributed by atoms with Crippen LogP contribution in [0.25, 0.3) is 0 Å². The zero-order valence-electron chi connectivity index (χ0n) is 12.3. The first-order valence-corrected chi connectivity index (χ1v) is 9.08. The molecule has 0 aromatic carbocycles. The summed E-state index contributed by atoms with van der Waals surface area (Å²) in [6.07, 6.45) is 7.78. The topological polar surface area (TPSA) is 55.0 Å². The SMILES string of the molecule is CCC(C)OSCCCCCCSc1nccc(=O)[nH]1. The number of thioether (sulfide) groups is 1. The van der Waals surface area contributed by atoms with Crippen LogP contribution in [0, 0.1) is 0 Å². The monoisotopic (exact) mass is 316 g/mol. The van der Waals surface area contributed by atoms with Gasteiger partial charge < -0.3 is 9.17 Å². The van der Waals surface area contributed by atoms with E-state index in [4.69, 9.17) is 4.18 Å². The molecule has 0 amide bonds.